The Hall–Kier alpha value is -2.49. The van der Waals surface area contributed by atoms with Crippen molar-refractivity contribution in [2.24, 2.45) is 0 Å². The molecule has 0 aromatic heterocycles. The van der Waals surface area contributed by atoms with Crippen molar-refractivity contribution in [1.82, 2.24) is 4.90 Å². The van der Waals surface area contributed by atoms with E-state index in [0.717, 1.165) is 43.2 Å². The zero-order chi connectivity index (χ0) is 16.2. The molecule has 1 aliphatic rings. The molecule has 1 amide bonds. The van der Waals surface area contributed by atoms with Gasteiger partial charge >= 0.3 is 0 Å². The van der Waals surface area contributed by atoms with Gasteiger partial charge in [-0.2, -0.15) is 0 Å². The van der Waals surface area contributed by atoms with E-state index in [4.69, 9.17) is 4.74 Å². The van der Waals surface area contributed by atoms with Crippen LogP contribution in [0, 0.1) is 6.92 Å². The minimum Gasteiger partial charge on any atom is -0.497 e. The summed E-state index contributed by atoms with van der Waals surface area (Å²) in [5.41, 5.74) is 3.08. The number of aryl methyl sites for hydroxylation is 1. The SMILES string of the molecule is COc1cccc(N2CCN(C(=O)c3ccc(C)cc3)CC2)c1. The standard InChI is InChI=1S/C19H22N2O2/c1-15-6-8-16(9-7-15)19(22)21-12-10-20(11-13-21)17-4-3-5-18(14-17)23-2/h3-9,14H,10-13H2,1-2H3. The molecule has 0 radical (unpaired) electrons. The molecule has 23 heavy (non-hydrogen) atoms. The van der Waals surface area contributed by atoms with Gasteiger partial charge in [0.05, 0.1) is 7.11 Å². The van der Waals surface area contributed by atoms with Crippen LogP contribution in [0.1, 0.15) is 15.9 Å². The van der Waals surface area contributed by atoms with Crippen molar-refractivity contribution >= 4 is 11.6 Å². The lowest BCUT2D eigenvalue weighted by Gasteiger charge is -2.36. The van der Waals surface area contributed by atoms with Gasteiger partial charge in [-0.1, -0.05) is 23.8 Å². The van der Waals surface area contributed by atoms with Crippen LogP contribution < -0.4 is 9.64 Å². The van der Waals surface area contributed by atoms with Crippen LogP contribution in [0.5, 0.6) is 5.75 Å². The molecule has 0 bridgehead atoms. The Morgan fingerprint density at radius 3 is 2.35 bits per heavy atom. The van der Waals surface area contributed by atoms with E-state index in [1.54, 1.807) is 7.11 Å². The first-order valence-corrected chi connectivity index (χ1v) is 7.92. The first-order chi connectivity index (χ1) is 11.2. The summed E-state index contributed by atoms with van der Waals surface area (Å²) in [7, 11) is 1.68. The molecule has 0 aliphatic carbocycles. The fourth-order valence-corrected chi connectivity index (χ4v) is 2.85. The van der Waals surface area contributed by atoms with Gasteiger partial charge in [0.25, 0.3) is 5.91 Å². The topological polar surface area (TPSA) is 32.8 Å². The second-order valence-electron chi connectivity index (χ2n) is 5.85. The molecule has 2 aromatic rings. The Labute approximate surface area is 137 Å². The number of hydrogen-bond donors (Lipinski definition) is 0. The van der Waals surface area contributed by atoms with Gasteiger partial charge in [-0.3, -0.25) is 4.79 Å². The van der Waals surface area contributed by atoms with E-state index in [1.807, 2.05) is 54.3 Å². The molecule has 0 unspecified atom stereocenters. The van der Waals surface area contributed by atoms with Crippen LogP contribution in [0.4, 0.5) is 5.69 Å². The molecular formula is C19H22N2O2. The van der Waals surface area contributed by atoms with Crippen LogP contribution in [0.2, 0.25) is 0 Å². The summed E-state index contributed by atoms with van der Waals surface area (Å²) in [4.78, 5) is 16.8. The maximum absolute atomic E-state index is 12.5. The summed E-state index contributed by atoms with van der Waals surface area (Å²) in [5.74, 6) is 0.982. The molecule has 120 valence electrons. The number of rotatable bonds is 3. The summed E-state index contributed by atoms with van der Waals surface area (Å²) in [6, 6.07) is 15.9. The van der Waals surface area contributed by atoms with Crippen LogP contribution in [0.3, 0.4) is 0 Å². The van der Waals surface area contributed by atoms with E-state index in [0.29, 0.717) is 0 Å². The zero-order valence-corrected chi connectivity index (χ0v) is 13.7. The van der Waals surface area contributed by atoms with Crippen molar-refractivity contribution in [2.45, 2.75) is 6.92 Å². The second-order valence-corrected chi connectivity index (χ2v) is 5.85. The van der Waals surface area contributed by atoms with Gasteiger partial charge < -0.3 is 14.5 Å². The maximum atomic E-state index is 12.5. The van der Waals surface area contributed by atoms with Crippen LogP contribution in [0.25, 0.3) is 0 Å². The van der Waals surface area contributed by atoms with Gasteiger partial charge in [0, 0.05) is 43.5 Å². The highest BCUT2D eigenvalue weighted by molar-refractivity contribution is 5.94. The molecule has 1 heterocycles. The third-order valence-electron chi connectivity index (χ3n) is 4.28. The van der Waals surface area contributed by atoms with Crippen LogP contribution in [0.15, 0.2) is 48.5 Å². The third-order valence-corrected chi connectivity index (χ3v) is 4.28. The molecule has 1 aliphatic heterocycles. The molecule has 1 fully saturated rings. The van der Waals surface area contributed by atoms with Gasteiger partial charge in [0.2, 0.25) is 0 Å². The maximum Gasteiger partial charge on any atom is 0.253 e. The minimum absolute atomic E-state index is 0.121. The number of ether oxygens (including phenoxy) is 1. The lowest BCUT2D eigenvalue weighted by atomic mass is 10.1. The monoisotopic (exact) mass is 310 g/mol. The van der Waals surface area contributed by atoms with Crippen LogP contribution in [-0.4, -0.2) is 44.1 Å². The summed E-state index contributed by atoms with van der Waals surface area (Å²) < 4.78 is 5.28. The average Bonchev–Trinajstić information content (AvgIpc) is 2.62. The highest BCUT2D eigenvalue weighted by atomic mass is 16.5. The Kier molecular flexibility index (Phi) is 4.51. The lowest BCUT2D eigenvalue weighted by molar-refractivity contribution is 0.0747. The van der Waals surface area contributed by atoms with E-state index in [2.05, 4.69) is 11.0 Å². The van der Waals surface area contributed by atoms with Gasteiger partial charge in [-0.15, -0.1) is 0 Å². The van der Waals surface area contributed by atoms with Crippen molar-refractivity contribution in [2.75, 3.05) is 38.2 Å². The fourth-order valence-electron chi connectivity index (χ4n) is 2.85. The summed E-state index contributed by atoms with van der Waals surface area (Å²) in [6.45, 7) is 5.19. The highest BCUT2D eigenvalue weighted by Crippen LogP contribution is 2.22. The summed E-state index contributed by atoms with van der Waals surface area (Å²) in [5, 5.41) is 0. The number of benzene rings is 2. The first kappa shape index (κ1) is 15.4. The molecule has 0 atom stereocenters. The van der Waals surface area contributed by atoms with Gasteiger partial charge in [-0.05, 0) is 31.2 Å². The number of piperazine rings is 1. The predicted octanol–water partition coefficient (Wildman–Crippen LogP) is 2.97. The average molecular weight is 310 g/mol. The fraction of sp³-hybridized carbons (Fsp3) is 0.316. The first-order valence-electron chi connectivity index (χ1n) is 7.92. The second kappa shape index (κ2) is 6.73. The molecule has 0 saturated carbocycles. The Morgan fingerprint density at radius 1 is 1.00 bits per heavy atom. The Morgan fingerprint density at radius 2 is 1.70 bits per heavy atom. The van der Waals surface area contributed by atoms with Crippen molar-refractivity contribution in [3.8, 4) is 5.75 Å². The van der Waals surface area contributed by atoms with Crippen LogP contribution >= 0.6 is 0 Å². The van der Waals surface area contributed by atoms with Gasteiger partial charge in [-0.25, -0.2) is 0 Å². The van der Waals surface area contributed by atoms with Crippen molar-refractivity contribution < 1.29 is 9.53 Å². The Bertz CT molecular complexity index is 674. The van der Waals surface area contributed by atoms with E-state index >= 15 is 0 Å². The van der Waals surface area contributed by atoms with Crippen LogP contribution in [-0.2, 0) is 0 Å². The molecular weight excluding hydrogens is 288 g/mol. The van der Waals surface area contributed by atoms with E-state index in [-0.39, 0.29) is 5.91 Å². The van der Waals surface area contributed by atoms with Crippen molar-refractivity contribution in [3.05, 3.63) is 59.7 Å². The van der Waals surface area contributed by atoms with E-state index in [9.17, 15) is 4.79 Å². The number of amides is 1. The smallest absolute Gasteiger partial charge is 0.253 e. The number of nitrogens with zero attached hydrogens (tertiary/aromatic N) is 2. The Balaban J connectivity index is 1.63. The number of carbonyl (C=O) groups excluding carboxylic acids is 1. The molecule has 2 aromatic carbocycles. The molecule has 4 heteroatoms. The van der Waals surface area contributed by atoms with E-state index < -0.39 is 0 Å². The lowest BCUT2D eigenvalue weighted by Crippen LogP contribution is -2.48. The predicted molar refractivity (Wildman–Crippen MR) is 92.3 cm³/mol. The number of hydrogen-bond acceptors (Lipinski definition) is 3. The molecule has 3 rings (SSSR count). The number of methoxy groups -OCH3 is 1. The number of carbonyl (C=O) groups is 1. The largest absolute Gasteiger partial charge is 0.497 e. The minimum atomic E-state index is 0.121. The summed E-state index contributed by atoms with van der Waals surface area (Å²) in [6.07, 6.45) is 0. The molecule has 4 nitrogen and oxygen atoms in total. The quantitative estimate of drug-likeness (QED) is 0.874. The summed E-state index contributed by atoms with van der Waals surface area (Å²) >= 11 is 0. The highest BCUT2D eigenvalue weighted by Gasteiger charge is 2.22. The van der Waals surface area contributed by atoms with Crippen molar-refractivity contribution in [1.29, 1.82) is 0 Å². The van der Waals surface area contributed by atoms with Gasteiger partial charge in [0.15, 0.2) is 0 Å². The molecule has 1 saturated heterocycles. The van der Waals surface area contributed by atoms with Crippen molar-refractivity contribution in [3.63, 3.8) is 0 Å². The third kappa shape index (κ3) is 3.47. The van der Waals surface area contributed by atoms with Gasteiger partial charge in [0.1, 0.15) is 5.75 Å². The zero-order valence-electron chi connectivity index (χ0n) is 13.7. The van der Waals surface area contributed by atoms with E-state index in [1.165, 1.54) is 5.56 Å². The normalized spacial score (nSPS) is 14.7. The molecule has 0 spiro atoms. The molecule has 0 N–H and O–H groups in total. The number of anilines is 1.